The standard InChI is InChI=1S/C13H13F3O/c1-2-3-4-12(17)9-10-5-7-11(8-6-10)13(14,15)16/h2,5-8H,1,3-4,9H2. The highest BCUT2D eigenvalue weighted by Crippen LogP contribution is 2.29. The van der Waals surface area contributed by atoms with E-state index in [1.54, 1.807) is 6.08 Å². The molecule has 0 N–H and O–H groups in total. The summed E-state index contributed by atoms with van der Waals surface area (Å²) in [6, 6.07) is 4.68. The molecule has 92 valence electrons. The fourth-order valence-corrected chi connectivity index (χ4v) is 1.39. The molecule has 0 radical (unpaired) electrons. The number of Topliss-reactive ketones (excluding diaryl/α,β-unsaturated/α-hetero) is 1. The first-order valence-corrected chi connectivity index (χ1v) is 5.22. The molecule has 0 aliphatic carbocycles. The minimum absolute atomic E-state index is 0.00431. The Balaban J connectivity index is 2.62. The Bertz CT molecular complexity index is 390. The third kappa shape index (κ3) is 4.43. The Morgan fingerprint density at radius 2 is 1.82 bits per heavy atom. The lowest BCUT2D eigenvalue weighted by molar-refractivity contribution is -0.137. The van der Waals surface area contributed by atoms with Gasteiger partial charge in [0.2, 0.25) is 0 Å². The molecule has 0 fully saturated rings. The molecule has 4 heteroatoms. The quantitative estimate of drug-likeness (QED) is 0.718. The Kier molecular flexibility index (Phi) is 4.49. The van der Waals surface area contributed by atoms with Gasteiger partial charge in [0.25, 0.3) is 0 Å². The van der Waals surface area contributed by atoms with Gasteiger partial charge in [-0.3, -0.25) is 4.79 Å². The van der Waals surface area contributed by atoms with Crippen molar-refractivity contribution in [3.8, 4) is 0 Å². The van der Waals surface area contributed by atoms with Crippen LogP contribution in [0.1, 0.15) is 24.0 Å². The first kappa shape index (κ1) is 13.5. The Morgan fingerprint density at radius 1 is 1.24 bits per heavy atom. The van der Waals surface area contributed by atoms with Crippen molar-refractivity contribution < 1.29 is 18.0 Å². The molecule has 0 saturated carbocycles. The van der Waals surface area contributed by atoms with Crippen molar-refractivity contribution in [1.82, 2.24) is 0 Å². The summed E-state index contributed by atoms with van der Waals surface area (Å²) in [6.45, 7) is 3.50. The summed E-state index contributed by atoms with van der Waals surface area (Å²) in [5, 5.41) is 0. The van der Waals surface area contributed by atoms with E-state index in [1.807, 2.05) is 0 Å². The maximum atomic E-state index is 12.3. The molecule has 0 amide bonds. The van der Waals surface area contributed by atoms with Crippen LogP contribution in [0.2, 0.25) is 0 Å². The summed E-state index contributed by atoms with van der Waals surface area (Å²) < 4.78 is 36.8. The van der Waals surface area contributed by atoms with Crippen molar-refractivity contribution in [2.24, 2.45) is 0 Å². The molecule has 0 aromatic heterocycles. The highest BCUT2D eigenvalue weighted by atomic mass is 19.4. The van der Waals surface area contributed by atoms with Crippen LogP contribution in [0.5, 0.6) is 0 Å². The zero-order valence-corrected chi connectivity index (χ0v) is 9.26. The van der Waals surface area contributed by atoms with Crippen molar-refractivity contribution in [2.75, 3.05) is 0 Å². The van der Waals surface area contributed by atoms with Crippen molar-refractivity contribution in [2.45, 2.75) is 25.4 Å². The van der Waals surface area contributed by atoms with E-state index < -0.39 is 11.7 Å². The molecule has 0 unspecified atom stereocenters. The molecule has 0 saturated heterocycles. The van der Waals surface area contributed by atoms with Crippen LogP contribution in [0.3, 0.4) is 0 Å². The van der Waals surface area contributed by atoms with Crippen LogP contribution in [0.4, 0.5) is 13.2 Å². The summed E-state index contributed by atoms with van der Waals surface area (Å²) in [5.41, 5.74) is -0.0909. The molecule has 0 aliphatic heterocycles. The summed E-state index contributed by atoms with van der Waals surface area (Å²) in [6.07, 6.45) is -1.54. The lowest BCUT2D eigenvalue weighted by atomic mass is 10.0. The minimum atomic E-state index is -4.33. The van der Waals surface area contributed by atoms with Crippen LogP contribution in [0, 0.1) is 0 Å². The van der Waals surface area contributed by atoms with Crippen molar-refractivity contribution in [3.05, 3.63) is 48.0 Å². The van der Waals surface area contributed by atoms with E-state index in [1.165, 1.54) is 12.1 Å². The topological polar surface area (TPSA) is 17.1 Å². The van der Waals surface area contributed by atoms with Crippen LogP contribution in [0.15, 0.2) is 36.9 Å². The van der Waals surface area contributed by atoms with E-state index in [4.69, 9.17) is 0 Å². The highest BCUT2D eigenvalue weighted by Gasteiger charge is 2.29. The van der Waals surface area contributed by atoms with Crippen molar-refractivity contribution >= 4 is 5.78 Å². The number of alkyl halides is 3. The molecule has 17 heavy (non-hydrogen) atoms. The van der Waals surface area contributed by atoms with Crippen LogP contribution < -0.4 is 0 Å². The Labute approximate surface area is 98.0 Å². The normalized spacial score (nSPS) is 11.2. The zero-order valence-electron chi connectivity index (χ0n) is 9.26. The summed E-state index contributed by atoms with van der Waals surface area (Å²) in [5.74, 6) is 0.00431. The molecule has 0 spiro atoms. The second kappa shape index (κ2) is 5.66. The number of hydrogen-bond acceptors (Lipinski definition) is 1. The summed E-state index contributed by atoms with van der Waals surface area (Å²) in [4.78, 5) is 11.4. The molecule has 1 aromatic rings. The largest absolute Gasteiger partial charge is 0.416 e. The monoisotopic (exact) mass is 242 g/mol. The van der Waals surface area contributed by atoms with Gasteiger partial charge in [0, 0.05) is 12.8 Å². The van der Waals surface area contributed by atoms with Gasteiger partial charge < -0.3 is 0 Å². The molecule has 0 atom stereocenters. The van der Waals surface area contributed by atoms with Crippen LogP contribution in [-0.2, 0) is 17.4 Å². The van der Waals surface area contributed by atoms with E-state index >= 15 is 0 Å². The highest BCUT2D eigenvalue weighted by molar-refractivity contribution is 5.80. The summed E-state index contributed by atoms with van der Waals surface area (Å²) >= 11 is 0. The number of halogens is 3. The van der Waals surface area contributed by atoms with Gasteiger partial charge in [-0.15, -0.1) is 6.58 Å². The molecule has 1 rings (SSSR count). The number of benzene rings is 1. The molecule has 0 heterocycles. The number of carbonyl (C=O) groups excluding carboxylic acids is 1. The zero-order chi connectivity index (χ0) is 12.9. The van der Waals surface area contributed by atoms with Gasteiger partial charge in [-0.25, -0.2) is 0 Å². The van der Waals surface area contributed by atoms with Gasteiger partial charge in [0.1, 0.15) is 5.78 Å². The first-order valence-electron chi connectivity index (χ1n) is 5.22. The molecular weight excluding hydrogens is 229 g/mol. The number of allylic oxidation sites excluding steroid dienone is 1. The van der Waals surface area contributed by atoms with Gasteiger partial charge in [0.05, 0.1) is 5.56 Å². The van der Waals surface area contributed by atoms with Crippen LogP contribution >= 0.6 is 0 Å². The fraction of sp³-hybridized carbons (Fsp3) is 0.308. The van der Waals surface area contributed by atoms with E-state index in [2.05, 4.69) is 6.58 Å². The van der Waals surface area contributed by atoms with Crippen LogP contribution in [-0.4, -0.2) is 5.78 Å². The van der Waals surface area contributed by atoms with Gasteiger partial charge in [-0.1, -0.05) is 18.2 Å². The predicted molar refractivity (Wildman–Crippen MR) is 59.6 cm³/mol. The molecule has 1 aromatic carbocycles. The second-order valence-corrected chi connectivity index (χ2v) is 3.74. The Morgan fingerprint density at radius 3 is 2.29 bits per heavy atom. The minimum Gasteiger partial charge on any atom is -0.299 e. The first-order chi connectivity index (χ1) is 7.93. The number of carbonyl (C=O) groups is 1. The van der Waals surface area contributed by atoms with Gasteiger partial charge >= 0.3 is 6.18 Å². The van der Waals surface area contributed by atoms with Gasteiger partial charge in [-0.2, -0.15) is 13.2 Å². The average Bonchev–Trinajstić information content (AvgIpc) is 2.26. The van der Waals surface area contributed by atoms with E-state index in [9.17, 15) is 18.0 Å². The smallest absolute Gasteiger partial charge is 0.299 e. The third-order valence-corrected chi connectivity index (χ3v) is 2.31. The lowest BCUT2D eigenvalue weighted by Gasteiger charge is -2.07. The van der Waals surface area contributed by atoms with Gasteiger partial charge in [0.15, 0.2) is 0 Å². The third-order valence-electron chi connectivity index (χ3n) is 2.31. The molecule has 0 aliphatic rings. The lowest BCUT2D eigenvalue weighted by Crippen LogP contribution is -2.06. The van der Waals surface area contributed by atoms with Crippen molar-refractivity contribution in [1.29, 1.82) is 0 Å². The predicted octanol–water partition coefficient (Wildman–Crippen LogP) is 3.78. The van der Waals surface area contributed by atoms with E-state index in [0.29, 0.717) is 18.4 Å². The van der Waals surface area contributed by atoms with E-state index in [-0.39, 0.29) is 12.2 Å². The SMILES string of the molecule is C=CCCC(=O)Cc1ccc(C(F)(F)F)cc1. The number of hydrogen-bond donors (Lipinski definition) is 0. The molecule has 1 nitrogen and oxygen atoms in total. The molecular formula is C13H13F3O. The van der Waals surface area contributed by atoms with Crippen molar-refractivity contribution in [3.63, 3.8) is 0 Å². The number of rotatable bonds is 5. The second-order valence-electron chi connectivity index (χ2n) is 3.74. The fourth-order valence-electron chi connectivity index (χ4n) is 1.39. The maximum absolute atomic E-state index is 12.3. The average molecular weight is 242 g/mol. The maximum Gasteiger partial charge on any atom is 0.416 e. The van der Waals surface area contributed by atoms with Gasteiger partial charge in [-0.05, 0) is 24.1 Å². The summed E-state index contributed by atoms with van der Waals surface area (Å²) in [7, 11) is 0. The number of ketones is 1. The van der Waals surface area contributed by atoms with Crippen LogP contribution in [0.25, 0.3) is 0 Å². The Hall–Kier alpha value is -1.58. The van der Waals surface area contributed by atoms with E-state index in [0.717, 1.165) is 12.1 Å². The molecule has 0 bridgehead atoms.